The third kappa shape index (κ3) is 5.30. The van der Waals surface area contributed by atoms with E-state index in [0.717, 1.165) is 31.5 Å². The van der Waals surface area contributed by atoms with E-state index in [1.54, 1.807) is 6.92 Å². The molecule has 0 bridgehead atoms. The summed E-state index contributed by atoms with van der Waals surface area (Å²) in [5.41, 5.74) is 1.05. The van der Waals surface area contributed by atoms with Crippen molar-refractivity contribution >= 4 is 11.8 Å². The van der Waals surface area contributed by atoms with Crippen molar-refractivity contribution < 1.29 is 14.3 Å². The largest absolute Gasteiger partial charge is 0.368 e. The van der Waals surface area contributed by atoms with Crippen LogP contribution in [0.2, 0.25) is 0 Å². The Kier molecular flexibility index (Phi) is 6.08. The summed E-state index contributed by atoms with van der Waals surface area (Å²) >= 11 is 0. The molecule has 1 aliphatic heterocycles. The van der Waals surface area contributed by atoms with Gasteiger partial charge in [-0.3, -0.25) is 9.59 Å². The molecule has 0 aromatic heterocycles. The highest BCUT2D eigenvalue weighted by atomic mass is 16.5. The Bertz CT molecular complexity index is 580. The van der Waals surface area contributed by atoms with Gasteiger partial charge in [0.25, 0.3) is 0 Å². The Labute approximate surface area is 149 Å². The van der Waals surface area contributed by atoms with E-state index in [4.69, 9.17) is 4.74 Å². The minimum absolute atomic E-state index is 0.0177. The third-order valence-corrected chi connectivity index (χ3v) is 4.96. The summed E-state index contributed by atoms with van der Waals surface area (Å²) in [6.45, 7) is 3.97. The molecule has 2 fully saturated rings. The smallest absolute Gasteiger partial charge is 0.249 e. The molecule has 1 heterocycles. The molecule has 1 aliphatic carbocycles. The first-order valence-electron chi connectivity index (χ1n) is 9.38. The highest BCUT2D eigenvalue weighted by Gasteiger charge is 2.30. The molecule has 5 nitrogen and oxygen atoms in total. The second-order valence-corrected chi connectivity index (χ2v) is 7.20. The fourth-order valence-electron chi connectivity index (χ4n) is 3.14. The van der Waals surface area contributed by atoms with Gasteiger partial charge in [0.2, 0.25) is 11.8 Å². The van der Waals surface area contributed by atoms with Crippen LogP contribution in [0.1, 0.15) is 38.2 Å². The summed E-state index contributed by atoms with van der Waals surface area (Å²) < 4.78 is 5.65. The first-order chi connectivity index (χ1) is 12.1. The lowest BCUT2D eigenvalue weighted by molar-refractivity contribution is -0.139. The van der Waals surface area contributed by atoms with Crippen LogP contribution in [0.4, 0.5) is 0 Å². The van der Waals surface area contributed by atoms with Gasteiger partial charge in [0.05, 0.1) is 6.61 Å². The van der Waals surface area contributed by atoms with E-state index in [0.29, 0.717) is 18.9 Å². The van der Waals surface area contributed by atoms with E-state index < -0.39 is 12.1 Å². The normalized spacial score (nSPS) is 19.5. The summed E-state index contributed by atoms with van der Waals surface area (Å²) in [6, 6.07) is 9.31. The van der Waals surface area contributed by atoms with Crippen LogP contribution < -0.4 is 5.32 Å². The molecule has 25 heavy (non-hydrogen) atoms. The standard InChI is InChI=1S/C20H28N2O3/c1-15(25-14-17-9-10-17)19(23)21-18(13-16-7-3-2-4-8-16)20(24)22-11-5-6-12-22/h2-4,7-8,15,17-18H,5-6,9-14H2,1H3,(H,21,23)/t15-,18+/m0/s1. The number of carbonyl (C=O) groups is 2. The lowest BCUT2D eigenvalue weighted by atomic mass is 10.0. The molecule has 3 rings (SSSR count). The predicted octanol–water partition coefficient (Wildman–Crippen LogP) is 2.15. The third-order valence-electron chi connectivity index (χ3n) is 4.96. The second-order valence-electron chi connectivity index (χ2n) is 7.20. The molecule has 0 radical (unpaired) electrons. The zero-order valence-electron chi connectivity index (χ0n) is 14.9. The molecular formula is C20H28N2O3. The topological polar surface area (TPSA) is 58.6 Å². The number of nitrogens with zero attached hydrogens (tertiary/aromatic N) is 1. The maximum absolute atomic E-state index is 12.9. The number of benzene rings is 1. The molecule has 2 aliphatic rings. The van der Waals surface area contributed by atoms with Gasteiger partial charge < -0.3 is 15.0 Å². The van der Waals surface area contributed by atoms with Crippen LogP contribution >= 0.6 is 0 Å². The van der Waals surface area contributed by atoms with Crippen LogP contribution in [-0.4, -0.2) is 48.6 Å². The minimum Gasteiger partial charge on any atom is -0.368 e. The molecule has 1 aromatic carbocycles. The van der Waals surface area contributed by atoms with Crippen LogP contribution in [0.3, 0.4) is 0 Å². The van der Waals surface area contributed by atoms with Gasteiger partial charge in [-0.1, -0.05) is 30.3 Å². The van der Waals surface area contributed by atoms with Crippen molar-refractivity contribution in [1.82, 2.24) is 10.2 Å². The zero-order valence-corrected chi connectivity index (χ0v) is 14.9. The van der Waals surface area contributed by atoms with Crippen molar-refractivity contribution in [1.29, 1.82) is 0 Å². The number of amides is 2. The van der Waals surface area contributed by atoms with E-state index in [1.165, 1.54) is 12.8 Å². The number of carbonyl (C=O) groups excluding carboxylic acids is 2. The Hall–Kier alpha value is -1.88. The average molecular weight is 344 g/mol. The number of hydrogen-bond donors (Lipinski definition) is 1. The fraction of sp³-hybridized carbons (Fsp3) is 0.600. The zero-order chi connectivity index (χ0) is 17.6. The SMILES string of the molecule is C[C@H](OCC1CC1)C(=O)N[C@H](Cc1ccccc1)C(=O)N1CCCC1. The first kappa shape index (κ1) is 17.9. The molecule has 0 spiro atoms. The van der Waals surface area contributed by atoms with Crippen LogP contribution in [-0.2, 0) is 20.7 Å². The highest BCUT2D eigenvalue weighted by Crippen LogP contribution is 2.29. The minimum atomic E-state index is -0.528. The van der Waals surface area contributed by atoms with E-state index in [-0.39, 0.29) is 11.8 Å². The van der Waals surface area contributed by atoms with Gasteiger partial charge >= 0.3 is 0 Å². The lowest BCUT2D eigenvalue weighted by Gasteiger charge is -2.25. The van der Waals surface area contributed by atoms with Crippen molar-refractivity contribution in [2.24, 2.45) is 5.92 Å². The van der Waals surface area contributed by atoms with Gasteiger partial charge in [0, 0.05) is 19.5 Å². The molecule has 1 aromatic rings. The summed E-state index contributed by atoms with van der Waals surface area (Å²) in [7, 11) is 0. The van der Waals surface area contributed by atoms with Gasteiger partial charge in [0.1, 0.15) is 12.1 Å². The van der Waals surface area contributed by atoms with Crippen LogP contribution in [0.25, 0.3) is 0 Å². The molecule has 5 heteroatoms. The molecule has 2 amide bonds. The van der Waals surface area contributed by atoms with Gasteiger partial charge in [-0.15, -0.1) is 0 Å². The Balaban J connectivity index is 1.61. The molecule has 2 atom stereocenters. The van der Waals surface area contributed by atoms with Crippen molar-refractivity contribution in [3.63, 3.8) is 0 Å². The second kappa shape index (κ2) is 8.48. The molecule has 1 saturated carbocycles. The molecule has 136 valence electrons. The van der Waals surface area contributed by atoms with E-state index in [2.05, 4.69) is 5.32 Å². The molecular weight excluding hydrogens is 316 g/mol. The summed E-state index contributed by atoms with van der Waals surface area (Å²) in [5, 5.41) is 2.93. The maximum Gasteiger partial charge on any atom is 0.249 e. The highest BCUT2D eigenvalue weighted by molar-refractivity contribution is 5.89. The van der Waals surface area contributed by atoms with Crippen LogP contribution in [0.15, 0.2) is 30.3 Å². The van der Waals surface area contributed by atoms with Gasteiger partial charge in [-0.2, -0.15) is 0 Å². The van der Waals surface area contributed by atoms with Crippen molar-refractivity contribution in [2.75, 3.05) is 19.7 Å². The average Bonchev–Trinajstić information content (AvgIpc) is 3.30. The number of nitrogens with one attached hydrogen (secondary N) is 1. The summed E-state index contributed by atoms with van der Waals surface area (Å²) in [4.78, 5) is 27.2. The number of hydrogen-bond acceptors (Lipinski definition) is 3. The van der Waals surface area contributed by atoms with Crippen molar-refractivity contribution in [2.45, 2.75) is 51.2 Å². The Morgan fingerprint density at radius 1 is 1.20 bits per heavy atom. The van der Waals surface area contributed by atoms with E-state index >= 15 is 0 Å². The predicted molar refractivity (Wildman–Crippen MR) is 96.0 cm³/mol. The first-order valence-corrected chi connectivity index (χ1v) is 9.38. The van der Waals surface area contributed by atoms with Crippen LogP contribution in [0, 0.1) is 5.92 Å². The van der Waals surface area contributed by atoms with Gasteiger partial charge in [-0.25, -0.2) is 0 Å². The molecule has 1 N–H and O–H groups in total. The lowest BCUT2D eigenvalue weighted by Crippen LogP contribution is -2.51. The number of ether oxygens (including phenoxy) is 1. The monoisotopic (exact) mass is 344 g/mol. The van der Waals surface area contributed by atoms with Crippen molar-refractivity contribution in [3.05, 3.63) is 35.9 Å². The van der Waals surface area contributed by atoms with Gasteiger partial charge in [-0.05, 0) is 44.1 Å². The Morgan fingerprint density at radius 2 is 1.88 bits per heavy atom. The number of rotatable bonds is 8. The summed E-state index contributed by atoms with van der Waals surface area (Å²) in [6.07, 6.45) is 4.45. The molecule has 0 unspecified atom stereocenters. The van der Waals surface area contributed by atoms with Crippen molar-refractivity contribution in [3.8, 4) is 0 Å². The van der Waals surface area contributed by atoms with Gasteiger partial charge in [0.15, 0.2) is 0 Å². The van der Waals surface area contributed by atoms with E-state index in [1.807, 2.05) is 35.2 Å². The molecule has 1 saturated heterocycles. The fourth-order valence-corrected chi connectivity index (χ4v) is 3.14. The summed E-state index contributed by atoms with van der Waals surface area (Å²) in [5.74, 6) is 0.430. The quantitative estimate of drug-likeness (QED) is 0.786. The van der Waals surface area contributed by atoms with Crippen LogP contribution in [0.5, 0.6) is 0 Å². The Morgan fingerprint density at radius 3 is 2.52 bits per heavy atom. The number of likely N-dealkylation sites (tertiary alicyclic amines) is 1. The van der Waals surface area contributed by atoms with E-state index in [9.17, 15) is 9.59 Å². The maximum atomic E-state index is 12.9.